The molecule has 2 aliphatic heterocycles. The first-order chi connectivity index (χ1) is 12.1. The van der Waals surface area contributed by atoms with E-state index in [1.54, 1.807) is 11.8 Å². The smallest absolute Gasteiger partial charge is 0.272 e. The number of carbonyl (C=O) groups is 1. The molecule has 4 rings (SSSR count). The average molecular weight is 347 g/mol. The second-order valence-corrected chi connectivity index (χ2v) is 6.23. The lowest BCUT2D eigenvalue weighted by Gasteiger charge is -2.48. The largest absolute Gasteiger partial charge is 0.378 e. The first-order valence-corrected chi connectivity index (χ1v) is 8.16. The Balaban J connectivity index is 1.41. The van der Waals surface area contributed by atoms with Crippen molar-refractivity contribution in [2.75, 3.05) is 32.8 Å². The number of ether oxygens (including phenoxy) is 1. The molecule has 0 bridgehead atoms. The SMILES string of the molecule is Cc1noc(C2COCCN2C2CN(C(=O)c3ccc(F)cn3)C2)n1. The summed E-state index contributed by atoms with van der Waals surface area (Å²) in [7, 11) is 0. The van der Waals surface area contributed by atoms with Crippen molar-refractivity contribution in [3.05, 3.63) is 41.6 Å². The highest BCUT2D eigenvalue weighted by molar-refractivity contribution is 5.92. The Morgan fingerprint density at radius 2 is 2.20 bits per heavy atom. The molecule has 8 nitrogen and oxygen atoms in total. The summed E-state index contributed by atoms with van der Waals surface area (Å²) in [5.74, 6) is 0.495. The van der Waals surface area contributed by atoms with E-state index in [0.29, 0.717) is 38.0 Å². The van der Waals surface area contributed by atoms with Gasteiger partial charge in [0.2, 0.25) is 5.89 Å². The van der Waals surface area contributed by atoms with Crippen LogP contribution in [0.15, 0.2) is 22.9 Å². The van der Waals surface area contributed by atoms with Crippen molar-refractivity contribution in [1.29, 1.82) is 0 Å². The van der Waals surface area contributed by atoms with Crippen LogP contribution < -0.4 is 0 Å². The number of halogens is 1. The number of carbonyl (C=O) groups excluding carboxylic acids is 1. The fraction of sp³-hybridized carbons (Fsp3) is 0.500. The molecule has 0 saturated carbocycles. The van der Waals surface area contributed by atoms with Crippen LogP contribution in [0.4, 0.5) is 4.39 Å². The fourth-order valence-electron chi connectivity index (χ4n) is 3.21. The standard InChI is InChI=1S/C16H18FN5O3/c1-10-19-15(25-20-10)14-9-24-5-4-22(14)12-7-21(8-12)16(23)13-3-2-11(17)6-18-13/h2-3,6,12,14H,4-5,7-9H2,1H3. The predicted molar refractivity (Wildman–Crippen MR) is 83.2 cm³/mol. The van der Waals surface area contributed by atoms with Crippen molar-refractivity contribution in [2.45, 2.75) is 19.0 Å². The lowest BCUT2D eigenvalue weighted by molar-refractivity contribution is -0.0713. The quantitative estimate of drug-likeness (QED) is 0.812. The molecule has 0 aromatic carbocycles. The predicted octanol–water partition coefficient (Wildman–Crippen LogP) is 0.810. The van der Waals surface area contributed by atoms with Crippen LogP contribution in [0.1, 0.15) is 28.2 Å². The third kappa shape index (κ3) is 3.12. The molecule has 2 aromatic rings. The van der Waals surface area contributed by atoms with Crippen molar-refractivity contribution < 1.29 is 18.4 Å². The fourth-order valence-corrected chi connectivity index (χ4v) is 3.21. The third-order valence-corrected chi connectivity index (χ3v) is 4.56. The Bertz CT molecular complexity index is 759. The van der Waals surface area contributed by atoms with E-state index in [1.807, 2.05) is 0 Å². The first kappa shape index (κ1) is 16.1. The van der Waals surface area contributed by atoms with E-state index in [2.05, 4.69) is 20.0 Å². The van der Waals surface area contributed by atoms with Gasteiger partial charge in [-0.1, -0.05) is 5.16 Å². The molecule has 1 atom stereocenters. The second kappa shape index (κ2) is 6.49. The van der Waals surface area contributed by atoms with Crippen molar-refractivity contribution in [3.8, 4) is 0 Å². The maximum absolute atomic E-state index is 12.9. The molecule has 0 spiro atoms. The van der Waals surface area contributed by atoms with Gasteiger partial charge in [0.05, 0.1) is 19.4 Å². The number of hydrogen-bond donors (Lipinski definition) is 0. The van der Waals surface area contributed by atoms with Gasteiger partial charge < -0.3 is 14.2 Å². The van der Waals surface area contributed by atoms with Gasteiger partial charge in [0.1, 0.15) is 17.6 Å². The van der Waals surface area contributed by atoms with Crippen LogP contribution in [0.2, 0.25) is 0 Å². The van der Waals surface area contributed by atoms with E-state index >= 15 is 0 Å². The first-order valence-electron chi connectivity index (χ1n) is 8.16. The highest BCUT2D eigenvalue weighted by atomic mass is 19.1. The van der Waals surface area contributed by atoms with Crippen LogP contribution in [-0.2, 0) is 4.74 Å². The van der Waals surface area contributed by atoms with E-state index < -0.39 is 5.82 Å². The Labute approximate surface area is 143 Å². The molecule has 1 unspecified atom stereocenters. The van der Waals surface area contributed by atoms with Crippen molar-refractivity contribution in [2.24, 2.45) is 0 Å². The minimum absolute atomic E-state index is 0.0962. The number of morpholine rings is 1. The number of likely N-dealkylation sites (tertiary alicyclic amines) is 1. The molecule has 2 fully saturated rings. The molecule has 1 amide bonds. The summed E-state index contributed by atoms with van der Waals surface area (Å²) in [5.41, 5.74) is 0.255. The van der Waals surface area contributed by atoms with Gasteiger partial charge in [0.25, 0.3) is 5.91 Å². The normalized spacial score (nSPS) is 22.0. The highest BCUT2D eigenvalue weighted by Crippen LogP contribution is 2.29. The number of nitrogens with zero attached hydrogens (tertiary/aromatic N) is 5. The summed E-state index contributed by atoms with van der Waals surface area (Å²) in [6, 6.07) is 2.75. The van der Waals surface area contributed by atoms with Gasteiger partial charge in [0.15, 0.2) is 5.82 Å². The van der Waals surface area contributed by atoms with Crippen LogP contribution in [0.25, 0.3) is 0 Å². The van der Waals surface area contributed by atoms with Gasteiger partial charge in [-0.2, -0.15) is 4.98 Å². The number of hydrogen-bond acceptors (Lipinski definition) is 7. The Hall–Kier alpha value is -2.39. The van der Waals surface area contributed by atoms with E-state index in [0.717, 1.165) is 12.7 Å². The Morgan fingerprint density at radius 3 is 2.88 bits per heavy atom. The molecular weight excluding hydrogens is 329 g/mol. The number of pyridine rings is 1. The van der Waals surface area contributed by atoms with E-state index in [1.165, 1.54) is 12.1 Å². The number of aromatic nitrogens is 3. The molecule has 25 heavy (non-hydrogen) atoms. The second-order valence-electron chi connectivity index (χ2n) is 6.23. The maximum Gasteiger partial charge on any atom is 0.272 e. The average Bonchev–Trinajstić information content (AvgIpc) is 3.01. The van der Waals surface area contributed by atoms with Gasteiger partial charge in [-0.15, -0.1) is 0 Å². The lowest BCUT2D eigenvalue weighted by Crippen LogP contribution is -2.63. The number of amides is 1. The summed E-state index contributed by atoms with van der Waals surface area (Å²) in [4.78, 5) is 24.5. The van der Waals surface area contributed by atoms with Crippen molar-refractivity contribution in [3.63, 3.8) is 0 Å². The van der Waals surface area contributed by atoms with Gasteiger partial charge in [-0.3, -0.25) is 9.69 Å². The van der Waals surface area contributed by atoms with Gasteiger partial charge in [-0.25, -0.2) is 9.37 Å². The Morgan fingerprint density at radius 1 is 1.36 bits per heavy atom. The van der Waals surface area contributed by atoms with Gasteiger partial charge >= 0.3 is 0 Å². The van der Waals surface area contributed by atoms with Crippen LogP contribution in [0, 0.1) is 12.7 Å². The summed E-state index contributed by atoms with van der Waals surface area (Å²) in [5, 5.41) is 3.85. The van der Waals surface area contributed by atoms with E-state index in [4.69, 9.17) is 9.26 Å². The number of rotatable bonds is 3. The monoisotopic (exact) mass is 347 g/mol. The van der Waals surface area contributed by atoms with Crippen LogP contribution in [0.3, 0.4) is 0 Å². The molecule has 2 aliphatic rings. The Kier molecular flexibility index (Phi) is 4.18. The molecule has 0 aliphatic carbocycles. The third-order valence-electron chi connectivity index (χ3n) is 4.56. The number of aryl methyl sites for hydroxylation is 1. The molecular formula is C16H18FN5O3. The van der Waals surface area contributed by atoms with Crippen LogP contribution in [0.5, 0.6) is 0 Å². The molecule has 2 aromatic heterocycles. The highest BCUT2D eigenvalue weighted by Gasteiger charge is 2.41. The minimum Gasteiger partial charge on any atom is -0.378 e. The van der Waals surface area contributed by atoms with Gasteiger partial charge in [0, 0.05) is 25.7 Å². The lowest BCUT2D eigenvalue weighted by atomic mass is 10.0. The topological polar surface area (TPSA) is 84.6 Å². The van der Waals surface area contributed by atoms with Crippen LogP contribution >= 0.6 is 0 Å². The molecule has 0 radical (unpaired) electrons. The van der Waals surface area contributed by atoms with Crippen molar-refractivity contribution >= 4 is 5.91 Å². The van der Waals surface area contributed by atoms with Crippen molar-refractivity contribution in [1.82, 2.24) is 24.9 Å². The van der Waals surface area contributed by atoms with Gasteiger partial charge in [-0.05, 0) is 19.1 Å². The van der Waals surface area contributed by atoms with Crippen LogP contribution in [-0.4, -0.2) is 69.7 Å². The molecule has 2 saturated heterocycles. The summed E-state index contributed by atoms with van der Waals surface area (Å²) in [6.45, 7) is 4.82. The zero-order chi connectivity index (χ0) is 17.4. The zero-order valence-corrected chi connectivity index (χ0v) is 13.8. The van der Waals surface area contributed by atoms with E-state index in [-0.39, 0.29) is 23.7 Å². The summed E-state index contributed by atoms with van der Waals surface area (Å²) >= 11 is 0. The summed E-state index contributed by atoms with van der Waals surface area (Å²) in [6.07, 6.45) is 1.06. The summed E-state index contributed by atoms with van der Waals surface area (Å²) < 4.78 is 23.8. The molecule has 4 heterocycles. The molecule has 9 heteroatoms. The maximum atomic E-state index is 12.9. The minimum atomic E-state index is -0.455. The van der Waals surface area contributed by atoms with E-state index in [9.17, 15) is 9.18 Å². The molecule has 0 N–H and O–H groups in total. The molecule has 132 valence electrons. The zero-order valence-electron chi connectivity index (χ0n) is 13.8.